The van der Waals surface area contributed by atoms with E-state index in [4.69, 9.17) is 0 Å². The Morgan fingerprint density at radius 3 is 2.60 bits per heavy atom. The molecule has 0 amide bonds. The van der Waals surface area contributed by atoms with E-state index < -0.39 is 5.97 Å². The van der Waals surface area contributed by atoms with Gasteiger partial charge < -0.3 is 5.11 Å². The normalized spacial score (nSPS) is 10.4. The molecule has 0 atom stereocenters. The lowest BCUT2D eigenvalue weighted by Gasteiger charge is -2.10. The molecule has 2 aromatic rings. The zero-order valence-electron chi connectivity index (χ0n) is 12.1. The minimum Gasteiger partial charge on any atom is -0.478 e. The lowest BCUT2D eigenvalue weighted by Crippen LogP contribution is -2.05. The molecular formula is C16H18N2O2. The van der Waals surface area contributed by atoms with Crippen molar-refractivity contribution in [1.82, 2.24) is 9.78 Å². The van der Waals surface area contributed by atoms with Crippen LogP contribution in [-0.2, 0) is 0 Å². The van der Waals surface area contributed by atoms with Crippen LogP contribution >= 0.6 is 0 Å². The molecular weight excluding hydrogens is 252 g/mol. The Morgan fingerprint density at radius 1 is 1.30 bits per heavy atom. The van der Waals surface area contributed by atoms with Crippen molar-refractivity contribution in [3.05, 3.63) is 52.4 Å². The second-order valence-electron chi connectivity index (χ2n) is 5.17. The highest BCUT2D eigenvalue weighted by Gasteiger charge is 2.17. The van der Waals surface area contributed by atoms with E-state index in [0.29, 0.717) is 5.69 Å². The topological polar surface area (TPSA) is 55.1 Å². The van der Waals surface area contributed by atoms with E-state index in [1.807, 2.05) is 52.0 Å². The molecule has 0 radical (unpaired) electrons. The van der Waals surface area contributed by atoms with Crippen molar-refractivity contribution in [3.8, 4) is 5.69 Å². The smallest absolute Gasteiger partial charge is 0.339 e. The van der Waals surface area contributed by atoms with Crippen LogP contribution in [0.15, 0.2) is 30.0 Å². The van der Waals surface area contributed by atoms with Crippen molar-refractivity contribution < 1.29 is 9.90 Å². The van der Waals surface area contributed by atoms with Gasteiger partial charge in [0.15, 0.2) is 0 Å². The van der Waals surface area contributed by atoms with Crippen molar-refractivity contribution in [3.63, 3.8) is 0 Å². The Labute approximate surface area is 118 Å². The lowest BCUT2D eigenvalue weighted by molar-refractivity contribution is 0.0696. The van der Waals surface area contributed by atoms with Crippen LogP contribution in [0, 0.1) is 13.8 Å². The van der Waals surface area contributed by atoms with Crippen LogP contribution in [0.5, 0.6) is 0 Å². The summed E-state index contributed by atoms with van der Waals surface area (Å²) in [6.07, 6.45) is 3.25. The number of carboxylic acid groups (broad SMARTS) is 1. The average molecular weight is 270 g/mol. The molecule has 0 aliphatic carbocycles. The largest absolute Gasteiger partial charge is 0.478 e. The number of aryl methyl sites for hydroxylation is 2. The maximum atomic E-state index is 11.3. The Kier molecular flexibility index (Phi) is 3.74. The molecule has 0 aliphatic heterocycles. The molecule has 0 saturated heterocycles. The summed E-state index contributed by atoms with van der Waals surface area (Å²) in [6, 6.07) is 6.05. The fourth-order valence-electron chi connectivity index (χ4n) is 2.07. The maximum absolute atomic E-state index is 11.3. The molecule has 4 nitrogen and oxygen atoms in total. The van der Waals surface area contributed by atoms with E-state index >= 15 is 0 Å². The quantitative estimate of drug-likeness (QED) is 0.927. The first kappa shape index (κ1) is 14.1. The van der Waals surface area contributed by atoms with Gasteiger partial charge in [0.1, 0.15) is 5.56 Å². The summed E-state index contributed by atoms with van der Waals surface area (Å²) in [5, 5.41) is 13.5. The number of aromatic carboxylic acids is 1. The molecule has 0 unspecified atom stereocenters. The zero-order chi connectivity index (χ0) is 14.9. The first-order chi connectivity index (χ1) is 9.40. The predicted octanol–water partition coefficient (Wildman–Crippen LogP) is 3.61. The third-order valence-electron chi connectivity index (χ3n) is 3.06. The first-order valence-electron chi connectivity index (χ1n) is 6.44. The number of hydrogen-bond acceptors (Lipinski definition) is 2. The van der Waals surface area contributed by atoms with Crippen LogP contribution in [0.25, 0.3) is 11.8 Å². The summed E-state index contributed by atoms with van der Waals surface area (Å²) in [6.45, 7) is 7.87. The molecule has 1 heterocycles. The lowest BCUT2D eigenvalue weighted by atomic mass is 10.1. The van der Waals surface area contributed by atoms with Crippen LogP contribution in [0.3, 0.4) is 0 Å². The molecule has 0 spiro atoms. The SMILES string of the molecule is CC(C)=Cc1c(C(=O)O)cnn1-c1cc(C)ccc1C. The fraction of sp³-hybridized carbons (Fsp3) is 0.250. The van der Waals surface area contributed by atoms with Crippen LogP contribution < -0.4 is 0 Å². The second-order valence-corrected chi connectivity index (χ2v) is 5.17. The van der Waals surface area contributed by atoms with E-state index in [9.17, 15) is 9.90 Å². The van der Waals surface area contributed by atoms with Crippen molar-refractivity contribution >= 4 is 12.0 Å². The molecule has 20 heavy (non-hydrogen) atoms. The van der Waals surface area contributed by atoms with Crippen molar-refractivity contribution in [1.29, 1.82) is 0 Å². The van der Waals surface area contributed by atoms with E-state index in [1.165, 1.54) is 6.20 Å². The van der Waals surface area contributed by atoms with Gasteiger partial charge in [0.2, 0.25) is 0 Å². The molecule has 0 saturated carbocycles. The van der Waals surface area contributed by atoms with Gasteiger partial charge in [0.25, 0.3) is 0 Å². The standard InChI is InChI=1S/C16H18N2O2/c1-10(2)7-15-13(16(19)20)9-17-18(15)14-8-11(3)5-6-12(14)4/h5-9H,1-4H3,(H,19,20). The minimum absolute atomic E-state index is 0.215. The van der Waals surface area contributed by atoms with Gasteiger partial charge in [-0.25, -0.2) is 9.48 Å². The van der Waals surface area contributed by atoms with Gasteiger partial charge >= 0.3 is 5.97 Å². The Hall–Kier alpha value is -2.36. The summed E-state index contributed by atoms with van der Waals surface area (Å²) in [4.78, 5) is 11.3. The summed E-state index contributed by atoms with van der Waals surface area (Å²) < 4.78 is 1.69. The highest BCUT2D eigenvalue weighted by atomic mass is 16.4. The number of hydrogen-bond donors (Lipinski definition) is 1. The van der Waals surface area contributed by atoms with Gasteiger partial charge in [0.05, 0.1) is 17.6 Å². The summed E-state index contributed by atoms with van der Waals surface area (Å²) in [7, 11) is 0. The predicted molar refractivity (Wildman–Crippen MR) is 79.3 cm³/mol. The maximum Gasteiger partial charge on any atom is 0.339 e. The van der Waals surface area contributed by atoms with Gasteiger partial charge in [0, 0.05) is 0 Å². The number of carbonyl (C=O) groups is 1. The molecule has 1 aromatic carbocycles. The number of nitrogens with zero attached hydrogens (tertiary/aromatic N) is 2. The van der Waals surface area contributed by atoms with Gasteiger partial charge in [-0.1, -0.05) is 17.7 Å². The van der Waals surface area contributed by atoms with Gasteiger partial charge in [-0.05, 0) is 51.0 Å². The highest BCUT2D eigenvalue weighted by Crippen LogP contribution is 2.21. The van der Waals surface area contributed by atoms with E-state index in [1.54, 1.807) is 4.68 Å². The molecule has 2 rings (SSSR count). The molecule has 4 heteroatoms. The van der Waals surface area contributed by atoms with Crippen molar-refractivity contribution in [2.45, 2.75) is 27.7 Å². The first-order valence-corrected chi connectivity index (χ1v) is 6.44. The minimum atomic E-state index is -0.964. The molecule has 1 aromatic heterocycles. The summed E-state index contributed by atoms with van der Waals surface area (Å²) in [5.74, 6) is -0.964. The molecule has 1 N–H and O–H groups in total. The molecule has 0 fully saturated rings. The number of allylic oxidation sites excluding steroid dienone is 1. The fourth-order valence-corrected chi connectivity index (χ4v) is 2.07. The van der Waals surface area contributed by atoms with E-state index in [0.717, 1.165) is 22.4 Å². The Morgan fingerprint density at radius 2 is 2.00 bits per heavy atom. The van der Waals surface area contributed by atoms with Gasteiger partial charge in [-0.15, -0.1) is 0 Å². The summed E-state index contributed by atoms with van der Waals surface area (Å²) in [5.41, 5.74) is 4.92. The number of aromatic nitrogens is 2. The zero-order valence-corrected chi connectivity index (χ0v) is 12.1. The second kappa shape index (κ2) is 5.33. The van der Waals surface area contributed by atoms with E-state index in [2.05, 4.69) is 5.10 Å². The van der Waals surface area contributed by atoms with Crippen LogP contribution in [0.2, 0.25) is 0 Å². The average Bonchev–Trinajstić information content (AvgIpc) is 2.75. The Balaban J connectivity index is 2.71. The third kappa shape index (κ3) is 2.64. The van der Waals surface area contributed by atoms with Crippen molar-refractivity contribution in [2.24, 2.45) is 0 Å². The number of rotatable bonds is 3. The third-order valence-corrected chi connectivity index (χ3v) is 3.06. The van der Waals surface area contributed by atoms with Crippen LogP contribution in [0.1, 0.15) is 41.0 Å². The van der Waals surface area contributed by atoms with Gasteiger partial charge in [-0.3, -0.25) is 0 Å². The number of carboxylic acids is 1. The highest BCUT2D eigenvalue weighted by molar-refractivity contribution is 5.91. The molecule has 104 valence electrons. The monoisotopic (exact) mass is 270 g/mol. The van der Waals surface area contributed by atoms with Crippen LogP contribution in [0.4, 0.5) is 0 Å². The summed E-state index contributed by atoms with van der Waals surface area (Å²) >= 11 is 0. The van der Waals surface area contributed by atoms with E-state index in [-0.39, 0.29) is 5.56 Å². The Bertz CT molecular complexity index is 692. The number of benzene rings is 1. The van der Waals surface area contributed by atoms with Crippen molar-refractivity contribution in [2.75, 3.05) is 0 Å². The molecule has 0 aliphatic rings. The van der Waals surface area contributed by atoms with Crippen LogP contribution in [-0.4, -0.2) is 20.9 Å². The van der Waals surface area contributed by atoms with Gasteiger partial charge in [-0.2, -0.15) is 5.10 Å². The molecule has 0 bridgehead atoms.